The number of likely N-dealkylation sites (N-methyl/N-ethyl adjacent to an activating group) is 1. The van der Waals surface area contributed by atoms with E-state index in [4.69, 9.17) is 0 Å². The third-order valence-electron chi connectivity index (χ3n) is 3.34. The molecule has 0 aliphatic heterocycles. The second-order valence-corrected chi connectivity index (χ2v) is 4.97. The quantitative estimate of drug-likeness (QED) is 0.827. The zero-order chi connectivity index (χ0) is 11.4. The Morgan fingerprint density at radius 3 is 2.75 bits per heavy atom. The van der Waals surface area contributed by atoms with Gasteiger partial charge in [-0.3, -0.25) is 0 Å². The molecule has 0 saturated carbocycles. The predicted molar refractivity (Wildman–Crippen MR) is 68.8 cm³/mol. The van der Waals surface area contributed by atoms with Crippen LogP contribution in [0, 0.1) is 0 Å². The molecule has 1 aliphatic rings. The van der Waals surface area contributed by atoms with Crippen LogP contribution < -0.4 is 5.32 Å². The maximum absolute atomic E-state index is 3.65. The molecule has 1 unspecified atom stereocenters. The lowest BCUT2D eigenvalue weighted by atomic mass is 9.88. The molecule has 16 heavy (non-hydrogen) atoms. The summed E-state index contributed by atoms with van der Waals surface area (Å²) in [6.45, 7) is 2.22. The van der Waals surface area contributed by atoms with Gasteiger partial charge in [0.25, 0.3) is 0 Å². The molecular weight excluding hydrogens is 196 g/mol. The van der Waals surface area contributed by atoms with Crippen molar-refractivity contribution in [2.75, 3.05) is 27.2 Å². The van der Waals surface area contributed by atoms with Gasteiger partial charge < -0.3 is 10.2 Å². The highest BCUT2D eigenvalue weighted by molar-refractivity contribution is 5.30. The van der Waals surface area contributed by atoms with E-state index < -0.39 is 0 Å². The van der Waals surface area contributed by atoms with Gasteiger partial charge in [0.05, 0.1) is 0 Å². The minimum Gasteiger partial charge on any atom is -0.312 e. The van der Waals surface area contributed by atoms with E-state index in [9.17, 15) is 0 Å². The van der Waals surface area contributed by atoms with Gasteiger partial charge >= 0.3 is 0 Å². The van der Waals surface area contributed by atoms with E-state index in [0.717, 1.165) is 13.1 Å². The number of hydrogen-bond donors (Lipinski definition) is 1. The Balaban J connectivity index is 1.83. The van der Waals surface area contributed by atoms with Crippen molar-refractivity contribution in [3.63, 3.8) is 0 Å². The van der Waals surface area contributed by atoms with Gasteiger partial charge in [0.2, 0.25) is 0 Å². The van der Waals surface area contributed by atoms with Crippen LogP contribution in [-0.2, 0) is 12.8 Å². The number of fused-ring (bicyclic) bond motifs is 1. The van der Waals surface area contributed by atoms with Crippen molar-refractivity contribution in [1.82, 2.24) is 10.2 Å². The fourth-order valence-corrected chi connectivity index (χ4v) is 2.36. The summed E-state index contributed by atoms with van der Waals surface area (Å²) in [5, 5.41) is 3.65. The van der Waals surface area contributed by atoms with E-state index in [-0.39, 0.29) is 0 Å². The van der Waals surface area contributed by atoms with Crippen molar-refractivity contribution in [2.45, 2.75) is 25.3 Å². The van der Waals surface area contributed by atoms with Gasteiger partial charge in [0.15, 0.2) is 0 Å². The van der Waals surface area contributed by atoms with Crippen LogP contribution in [0.4, 0.5) is 0 Å². The standard InChI is InChI=1S/C14H22N2/c1-16(2)10-9-15-14-8-7-12-5-3-4-6-13(12)11-14/h3-6,14-15H,7-11H2,1-2H3. The lowest BCUT2D eigenvalue weighted by molar-refractivity contribution is 0.371. The predicted octanol–water partition coefficient (Wildman–Crippen LogP) is 1.70. The number of hydrogen-bond acceptors (Lipinski definition) is 2. The molecule has 1 aromatic rings. The first-order valence-corrected chi connectivity index (χ1v) is 6.20. The number of aryl methyl sites for hydroxylation is 1. The Bertz CT molecular complexity index is 333. The van der Waals surface area contributed by atoms with E-state index in [1.165, 1.54) is 24.8 Å². The molecule has 0 amide bonds. The van der Waals surface area contributed by atoms with Gasteiger partial charge in [-0.05, 0) is 44.5 Å². The third kappa shape index (κ3) is 3.06. The maximum Gasteiger partial charge on any atom is 0.0111 e. The van der Waals surface area contributed by atoms with Gasteiger partial charge in [-0.1, -0.05) is 24.3 Å². The smallest absolute Gasteiger partial charge is 0.0111 e. The highest BCUT2D eigenvalue weighted by Gasteiger charge is 2.17. The Morgan fingerprint density at radius 2 is 2.00 bits per heavy atom. The molecule has 88 valence electrons. The van der Waals surface area contributed by atoms with Gasteiger partial charge in [-0.25, -0.2) is 0 Å². The molecule has 1 aliphatic carbocycles. The fourth-order valence-electron chi connectivity index (χ4n) is 2.36. The van der Waals surface area contributed by atoms with Gasteiger partial charge in [-0.2, -0.15) is 0 Å². The SMILES string of the molecule is CN(C)CCNC1CCc2ccccc2C1. The molecule has 0 radical (unpaired) electrons. The van der Waals surface area contributed by atoms with E-state index in [1.54, 1.807) is 5.56 Å². The van der Waals surface area contributed by atoms with Crippen molar-refractivity contribution >= 4 is 0 Å². The van der Waals surface area contributed by atoms with Crippen LogP contribution in [-0.4, -0.2) is 38.1 Å². The average Bonchev–Trinajstić information content (AvgIpc) is 2.28. The molecule has 0 bridgehead atoms. The van der Waals surface area contributed by atoms with Crippen LogP contribution in [0.3, 0.4) is 0 Å². The summed E-state index contributed by atoms with van der Waals surface area (Å²) < 4.78 is 0. The van der Waals surface area contributed by atoms with Crippen LogP contribution in [0.25, 0.3) is 0 Å². The molecule has 0 aromatic heterocycles. The Morgan fingerprint density at radius 1 is 1.25 bits per heavy atom. The number of benzene rings is 1. The Kier molecular flexibility index (Phi) is 3.97. The highest BCUT2D eigenvalue weighted by atomic mass is 15.1. The van der Waals surface area contributed by atoms with Crippen molar-refractivity contribution in [2.24, 2.45) is 0 Å². The summed E-state index contributed by atoms with van der Waals surface area (Å²) in [6, 6.07) is 9.52. The molecule has 2 heteroatoms. The van der Waals surface area contributed by atoms with Crippen molar-refractivity contribution in [1.29, 1.82) is 0 Å². The summed E-state index contributed by atoms with van der Waals surface area (Å²) in [4.78, 5) is 2.23. The van der Waals surface area contributed by atoms with Crippen LogP contribution in [0.1, 0.15) is 17.5 Å². The van der Waals surface area contributed by atoms with Gasteiger partial charge in [-0.15, -0.1) is 0 Å². The van der Waals surface area contributed by atoms with Crippen molar-refractivity contribution in [3.05, 3.63) is 35.4 Å². The van der Waals surface area contributed by atoms with Crippen molar-refractivity contribution in [3.8, 4) is 0 Å². The first kappa shape index (κ1) is 11.6. The second-order valence-electron chi connectivity index (χ2n) is 4.97. The van der Waals surface area contributed by atoms with Crippen LogP contribution in [0.5, 0.6) is 0 Å². The number of rotatable bonds is 4. The zero-order valence-corrected chi connectivity index (χ0v) is 10.4. The summed E-state index contributed by atoms with van der Waals surface area (Å²) in [6.07, 6.45) is 3.71. The summed E-state index contributed by atoms with van der Waals surface area (Å²) in [5.41, 5.74) is 3.09. The van der Waals surface area contributed by atoms with E-state index in [1.807, 2.05) is 0 Å². The zero-order valence-electron chi connectivity index (χ0n) is 10.4. The molecular formula is C14H22N2. The Hall–Kier alpha value is -0.860. The topological polar surface area (TPSA) is 15.3 Å². The molecule has 0 saturated heterocycles. The molecule has 1 aromatic carbocycles. The first-order chi connectivity index (χ1) is 7.75. The molecule has 0 heterocycles. The largest absolute Gasteiger partial charge is 0.312 e. The molecule has 1 N–H and O–H groups in total. The minimum absolute atomic E-state index is 0.676. The third-order valence-corrected chi connectivity index (χ3v) is 3.34. The van der Waals surface area contributed by atoms with Gasteiger partial charge in [0, 0.05) is 19.1 Å². The fraction of sp³-hybridized carbons (Fsp3) is 0.571. The lowest BCUT2D eigenvalue weighted by Gasteiger charge is -2.26. The number of nitrogens with zero attached hydrogens (tertiary/aromatic N) is 1. The van der Waals surface area contributed by atoms with E-state index >= 15 is 0 Å². The molecule has 2 rings (SSSR count). The molecule has 0 spiro atoms. The van der Waals surface area contributed by atoms with Gasteiger partial charge in [0.1, 0.15) is 0 Å². The summed E-state index contributed by atoms with van der Waals surface area (Å²) >= 11 is 0. The molecule has 2 nitrogen and oxygen atoms in total. The lowest BCUT2D eigenvalue weighted by Crippen LogP contribution is -2.38. The van der Waals surface area contributed by atoms with E-state index in [2.05, 4.69) is 48.6 Å². The van der Waals surface area contributed by atoms with Crippen LogP contribution in [0.15, 0.2) is 24.3 Å². The van der Waals surface area contributed by atoms with E-state index in [0.29, 0.717) is 6.04 Å². The van der Waals surface area contributed by atoms with Crippen LogP contribution >= 0.6 is 0 Å². The normalized spacial score (nSPS) is 19.8. The number of nitrogens with one attached hydrogen (secondary N) is 1. The summed E-state index contributed by atoms with van der Waals surface area (Å²) in [5.74, 6) is 0. The Labute approximate surface area is 98.7 Å². The minimum atomic E-state index is 0.676. The average molecular weight is 218 g/mol. The van der Waals surface area contributed by atoms with Crippen molar-refractivity contribution < 1.29 is 0 Å². The monoisotopic (exact) mass is 218 g/mol. The highest BCUT2D eigenvalue weighted by Crippen LogP contribution is 2.20. The maximum atomic E-state index is 3.65. The van der Waals surface area contributed by atoms with Crippen LogP contribution in [0.2, 0.25) is 0 Å². The molecule has 0 fully saturated rings. The summed E-state index contributed by atoms with van der Waals surface area (Å²) in [7, 11) is 4.25. The first-order valence-electron chi connectivity index (χ1n) is 6.20. The molecule has 1 atom stereocenters. The second kappa shape index (κ2) is 5.46.